The average Bonchev–Trinajstić information content (AvgIpc) is 2.63. The van der Waals surface area contributed by atoms with E-state index in [9.17, 15) is 14.7 Å². The highest BCUT2D eigenvalue weighted by Gasteiger charge is 2.48. The minimum absolute atomic E-state index is 0.466. The van der Waals surface area contributed by atoms with Crippen molar-refractivity contribution >= 4 is 12.0 Å². The summed E-state index contributed by atoms with van der Waals surface area (Å²) in [6.07, 6.45) is 4.61. The van der Waals surface area contributed by atoms with Crippen LogP contribution in [-0.2, 0) is 4.79 Å². The van der Waals surface area contributed by atoms with Crippen LogP contribution >= 0.6 is 0 Å². The Morgan fingerprint density at radius 3 is 2.62 bits per heavy atom. The third kappa shape index (κ3) is 2.28. The largest absolute Gasteiger partial charge is 0.479 e. The Bertz CT molecular complexity index is 280. The first-order valence-electron chi connectivity index (χ1n) is 5.85. The maximum atomic E-state index is 11.4. The molecule has 1 saturated heterocycles. The molecule has 0 aromatic heterocycles. The van der Waals surface area contributed by atoms with Gasteiger partial charge in [-0.2, -0.15) is 0 Å². The quantitative estimate of drug-likeness (QED) is 0.700. The van der Waals surface area contributed by atoms with E-state index >= 15 is 0 Å². The van der Waals surface area contributed by atoms with Crippen LogP contribution in [0.2, 0.25) is 0 Å². The topological polar surface area (TPSA) is 83.6 Å². The lowest BCUT2D eigenvalue weighted by atomic mass is 9.89. The van der Waals surface area contributed by atoms with Gasteiger partial charge in [-0.3, -0.25) is 0 Å². The van der Waals surface area contributed by atoms with Gasteiger partial charge in [0, 0.05) is 6.54 Å². The lowest BCUT2D eigenvalue weighted by molar-refractivity contribution is -0.148. The number of nitrogens with zero attached hydrogens (tertiary/aromatic N) is 1. The van der Waals surface area contributed by atoms with E-state index < -0.39 is 17.5 Å². The number of amides is 2. The fourth-order valence-electron chi connectivity index (χ4n) is 2.46. The SMILES string of the molecule is CCCCC[C@@]1(C(=O)O)CCCN1C(N)=O. The third-order valence-electron chi connectivity index (χ3n) is 3.35. The second-order valence-electron chi connectivity index (χ2n) is 4.39. The van der Waals surface area contributed by atoms with Gasteiger partial charge < -0.3 is 15.7 Å². The molecule has 0 unspecified atom stereocenters. The zero-order valence-electron chi connectivity index (χ0n) is 9.74. The minimum Gasteiger partial charge on any atom is -0.479 e. The van der Waals surface area contributed by atoms with E-state index in [0.29, 0.717) is 19.4 Å². The highest BCUT2D eigenvalue weighted by molar-refractivity contribution is 5.86. The van der Waals surface area contributed by atoms with Gasteiger partial charge in [0.2, 0.25) is 0 Å². The molecule has 0 bridgehead atoms. The van der Waals surface area contributed by atoms with Gasteiger partial charge in [-0.1, -0.05) is 26.2 Å². The van der Waals surface area contributed by atoms with Crippen LogP contribution in [-0.4, -0.2) is 34.1 Å². The summed E-state index contributed by atoms with van der Waals surface area (Å²) in [7, 11) is 0. The maximum absolute atomic E-state index is 11.4. The van der Waals surface area contributed by atoms with E-state index in [1.807, 2.05) is 0 Å². The number of carboxylic acids is 1. The number of hydrogen-bond donors (Lipinski definition) is 2. The maximum Gasteiger partial charge on any atom is 0.329 e. The van der Waals surface area contributed by atoms with Gasteiger partial charge >= 0.3 is 12.0 Å². The second kappa shape index (κ2) is 5.18. The van der Waals surface area contributed by atoms with Crippen LogP contribution in [0.1, 0.15) is 45.4 Å². The Labute approximate surface area is 95.6 Å². The monoisotopic (exact) mass is 228 g/mol. The van der Waals surface area contributed by atoms with Gasteiger partial charge in [0.1, 0.15) is 5.54 Å². The van der Waals surface area contributed by atoms with Gasteiger partial charge in [0.25, 0.3) is 0 Å². The zero-order valence-corrected chi connectivity index (χ0v) is 9.74. The minimum atomic E-state index is -1.04. The predicted octanol–water partition coefficient (Wildman–Crippen LogP) is 1.56. The number of rotatable bonds is 5. The summed E-state index contributed by atoms with van der Waals surface area (Å²) in [6, 6.07) is -0.614. The number of hydrogen-bond acceptors (Lipinski definition) is 2. The highest BCUT2D eigenvalue weighted by Crippen LogP contribution is 2.34. The first-order valence-corrected chi connectivity index (χ1v) is 5.85. The molecule has 3 N–H and O–H groups in total. The van der Waals surface area contributed by atoms with Crippen LogP contribution in [0, 0.1) is 0 Å². The molecule has 0 radical (unpaired) electrons. The number of primary amides is 1. The molecule has 16 heavy (non-hydrogen) atoms. The lowest BCUT2D eigenvalue weighted by Crippen LogP contribution is -2.54. The molecule has 1 heterocycles. The Hall–Kier alpha value is -1.26. The molecule has 0 aliphatic carbocycles. The molecule has 1 rings (SSSR count). The van der Waals surface area contributed by atoms with Crippen LogP contribution < -0.4 is 5.73 Å². The van der Waals surface area contributed by atoms with Crippen molar-refractivity contribution in [2.45, 2.75) is 51.0 Å². The molecule has 1 fully saturated rings. The zero-order chi connectivity index (χ0) is 12.2. The molecule has 5 heteroatoms. The average molecular weight is 228 g/mol. The van der Waals surface area contributed by atoms with E-state index in [1.165, 1.54) is 4.90 Å². The summed E-state index contributed by atoms with van der Waals surface area (Å²) in [5.74, 6) is -0.917. The number of aliphatic carboxylic acids is 1. The summed E-state index contributed by atoms with van der Waals surface area (Å²) in [5.41, 5.74) is 4.20. The first kappa shape index (κ1) is 12.8. The van der Waals surface area contributed by atoms with Crippen molar-refractivity contribution in [3.63, 3.8) is 0 Å². The molecule has 5 nitrogen and oxygen atoms in total. The molecule has 1 atom stereocenters. The fourth-order valence-corrected chi connectivity index (χ4v) is 2.46. The number of unbranched alkanes of at least 4 members (excludes halogenated alkanes) is 2. The van der Waals surface area contributed by atoms with Gasteiger partial charge in [0.05, 0.1) is 0 Å². The molecule has 1 aliphatic rings. The van der Waals surface area contributed by atoms with Crippen molar-refractivity contribution in [1.29, 1.82) is 0 Å². The standard InChI is InChI=1S/C11H20N2O3/c1-2-3-4-6-11(9(14)15)7-5-8-13(11)10(12)16/h2-8H2,1H3,(H2,12,16)(H,14,15)/t11-/m0/s1. The normalized spacial score (nSPS) is 24.7. The van der Waals surface area contributed by atoms with Gasteiger partial charge in [-0.25, -0.2) is 9.59 Å². The third-order valence-corrected chi connectivity index (χ3v) is 3.35. The highest BCUT2D eigenvalue weighted by atomic mass is 16.4. The van der Waals surface area contributed by atoms with Crippen molar-refractivity contribution in [1.82, 2.24) is 4.90 Å². The lowest BCUT2D eigenvalue weighted by Gasteiger charge is -2.33. The number of carbonyl (C=O) groups is 2. The fraction of sp³-hybridized carbons (Fsp3) is 0.818. The van der Waals surface area contributed by atoms with Crippen LogP contribution in [0.25, 0.3) is 0 Å². The van der Waals surface area contributed by atoms with Crippen molar-refractivity contribution in [2.24, 2.45) is 5.73 Å². The van der Waals surface area contributed by atoms with Crippen LogP contribution in [0.4, 0.5) is 4.79 Å². The summed E-state index contributed by atoms with van der Waals surface area (Å²) < 4.78 is 0. The summed E-state index contributed by atoms with van der Waals surface area (Å²) in [5, 5.41) is 9.33. The summed E-state index contributed by atoms with van der Waals surface area (Å²) >= 11 is 0. The van der Waals surface area contributed by atoms with Crippen molar-refractivity contribution in [3.05, 3.63) is 0 Å². The molecule has 0 aromatic carbocycles. The molecule has 1 aliphatic heterocycles. The van der Waals surface area contributed by atoms with Crippen molar-refractivity contribution in [3.8, 4) is 0 Å². The van der Waals surface area contributed by atoms with Crippen LogP contribution in [0.15, 0.2) is 0 Å². The van der Waals surface area contributed by atoms with Crippen molar-refractivity contribution < 1.29 is 14.7 Å². The summed E-state index contributed by atoms with van der Waals surface area (Å²) in [4.78, 5) is 23.9. The number of likely N-dealkylation sites (tertiary alicyclic amines) is 1. The second-order valence-corrected chi connectivity index (χ2v) is 4.39. The molecule has 92 valence electrons. The molecule has 0 saturated carbocycles. The van der Waals surface area contributed by atoms with Gasteiger partial charge in [-0.05, 0) is 19.3 Å². The number of urea groups is 1. The van der Waals surface area contributed by atoms with E-state index in [0.717, 1.165) is 25.7 Å². The Balaban J connectivity index is 2.78. The Kier molecular flexibility index (Phi) is 4.15. The smallest absolute Gasteiger partial charge is 0.329 e. The number of carbonyl (C=O) groups excluding carboxylic acids is 1. The molecular formula is C11H20N2O3. The van der Waals surface area contributed by atoms with E-state index in [4.69, 9.17) is 5.73 Å². The van der Waals surface area contributed by atoms with Crippen LogP contribution in [0.3, 0.4) is 0 Å². The Morgan fingerprint density at radius 2 is 2.12 bits per heavy atom. The molecule has 0 aromatic rings. The number of nitrogens with two attached hydrogens (primary N) is 1. The summed E-state index contributed by atoms with van der Waals surface area (Å²) in [6.45, 7) is 2.53. The van der Waals surface area contributed by atoms with Gasteiger partial charge in [-0.15, -0.1) is 0 Å². The van der Waals surface area contributed by atoms with E-state index in [1.54, 1.807) is 0 Å². The Morgan fingerprint density at radius 1 is 1.44 bits per heavy atom. The number of carboxylic acid groups (broad SMARTS) is 1. The van der Waals surface area contributed by atoms with E-state index in [2.05, 4.69) is 6.92 Å². The first-order chi connectivity index (χ1) is 7.54. The van der Waals surface area contributed by atoms with Gasteiger partial charge in [0.15, 0.2) is 0 Å². The van der Waals surface area contributed by atoms with Crippen molar-refractivity contribution in [2.75, 3.05) is 6.54 Å². The van der Waals surface area contributed by atoms with E-state index in [-0.39, 0.29) is 0 Å². The van der Waals surface area contributed by atoms with Crippen LogP contribution in [0.5, 0.6) is 0 Å². The molecule has 2 amide bonds. The molecular weight excluding hydrogens is 208 g/mol. The molecule has 0 spiro atoms. The predicted molar refractivity (Wildman–Crippen MR) is 60.0 cm³/mol.